The van der Waals surface area contributed by atoms with Crippen LogP contribution in [0.5, 0.6) is 0 Å². The third kappa shape index (κ3) is 2.45. The Kier molecular flexibility index (Phi) is 3.45. The Balaban J connectivity index is 2.79. The van der Waals surface area contributed by atoms with Crippen LogP contribution < -0.4 is 0 Å². The van der Waals surface area contributed by atoms with Crippen molar-refractivity contribution in [3.05, 3.63) is 30.2 Å². The fourth-order valence-electron chi connectivity index (χ4n) is 1.10. The Morgan fingerprint density at radius 3 is 2.93 bits per heavy atom. The second-order valence-electron chi connectivity index (χ2n) is 3.18. The van der Waals surface area contributed by atoms with Crippen molar-refractivity contribution in [3.63, 3.8) is 0 Å². The number of rotatable bonds is 4. The molecule has 1 heterocycles. The van der Waals surface area contributed by atoms with E-state index in [-0.39, 0.29) is 5.78 Å². The summed E-state index contributed by atoms with van der Waals surface area (Å²) >= 11 is 0. The summed E-state index contributed by atoms with van der Waals surface area (Å²) in [5.74, 6) is -0.0157. The van der Waals surface area contributed by atoms with Crippen molar-refractivity contribution in [3.8, 4) is 0 Å². The molecule has 4 heteroatoms. The van der Waals surface area contributed by atoms with Crippen molar-refractivity contribution in [2.75, 3.05) is 14.1 Å². The highest BCUT2D eigenvalue weighted by atomic mass is 16.1. The largest absolute Gasteiger partial charge is 0.383 e. The van der Waals surface area contributed by atoms with Crippen LogP contribution in [0.2, 0.25) is 0 Å². The zero-order valence-electron chi connectivity index (χ0n) is 8.77. The van der Waals surface area contributed by atoms with Gasteiger partial charge in [0, 0.05) is 39.1 Å². The molecule has 0 aliphatic heterocycles. The van der Waals surface area contributed by atoms with Crippen LogP contribution in [0.1, 0.15) is 17.4 Å². The van der Waals surface area contributed by atoms with E-state index in [0.29, 0.717) is 12.2 Å². The first-order valence-corrected chi connectivity index (χ1v) is 4.56. The van der Waals surface area contributed by atoms with E-state index in [1.54, 1.807) is 29.2 Å². The highest BCUT2D eigenvalue weighted by Crippen LogP contribution is 2.01. The number of allylic oxidation sites excluding steroid dienone is 1. The van der Waals surface area contributed by atoms with Gasteiger partial charge in [0.05, 0.1) is 0 Å². The molecule has 0 unspecified atom stereocenters. The van der Waals surface area contributed by atoms with Crippen molar-refractivity contribution >= 4 is 5.78 Å². The van der Waals surface area contributed by atoms with E-state index in [2.05, 4.69) is 5.10 Å². The summed E-state index contributed by atoms with van der Waals surface area (Å²) < 4.78 is 1.68. The molecule has 0 aromatic carbocycles. The van der Waals surface area contributed by atoms with E-state index in [4.69, 9.17) is 0 Å². The van der Waals surface area contributed by atoms with Crippen LogP contribution in [0.4, 0.5) is 0 Å². The minimum atomic E-state index is -0.0157. The second-order valence-corrected chi connectivity index (χ2v) is 3.18. The molecule has 14 heavy (non-hydrogen) atoms. The summed E-state index contributed by atoms with van der Waals surface area (Å²) in [6, 6.07) is 1.73. The summed E-state index contributed by atoms with van der Waals surface area (Å²) in [5.41, 5.74) is 0.630. The molecule has 0 aliphatic carbocycles. The van der Waals surface area contributed by atoms with Gasteiger partial charge in [0.15, 0.2) is 0 Å². The van der Waals surface area contributed by atoms with Crippen LogP contribution in [-0.2, 0) is 6.54 Å². The minimum absolute atomic E-state index is 0.0157. The molecule has 0 atom stereocenters. The molecule has 0 spiro atoms. The average molecular weight is 193 g/mol. The number of ketones is 1. The molecule has 0 saturated carbocycles. The normalized spacial score (nSPS) is 10.8. The average Bonchev–Trinajstić information content (AvgIpc) is 2.61. The molecule has 0 amide bonds. The van der Waals surface area contributed by atoms with Crippen molar-refractivity contribution < 1.29 is 4.79 Å². The Hall–Kier alpha value is -1.58. The van der Waals surface area contributed by atoms with Gasteiger partial charge < -0.3 is 4.90 Å². The molecule has 0 saturated heterocycles. The lowest BCUT2D eigenvalue weighted by molar-refractivity contribution is 0.103. The molecular formula is C10H15N3O. The van der Waals surface area contributed by atoms with Crippen LogP contribution in [-0.4, -0.2) is 34.6 Å². The van der Waals surface area contributed by atoms with Gasteiger partial charge in [-0.1, -0.05) is 0 Å². The Morgan fingerprint density at radius 1 is 1.64 bits per heavy atom. The van der Waals surface area contributed by atoms with Gasteiger partial charge in [-0.3, -0.25) is 9.48 Å². The summed E-state index contributed by atoms with van der Waals surface area (Å²) in [7, 11) is 3.75. The van der Waals surface area contributed by atoms with Gasteiger partial charge >= 0.3 is 0 Å². The number of nitrogens with zero attached hydrogens (tertiary/aromatic N) is 3. The maximum Gasteiger partial charge on any atom is 0.205 e. The van der Waals surface area contributed by atoms with Gasteiger partial charge in [-0.25, -0.2) is 0 Å². The Labute approximate surface area is 83.8 Å². The van der Waals surface area contributed by atoms with E-state index >= 15 is 0 Å². The summed E-state index contributed by atoms with van der Waals surface area (Å²) in [6.45, 7) is 2.67. The van der Waals surface area contributed by atoms with Gasteiger partial charge in [0.25, 0.3) is 0 Å². The Morgan fingerprint density at radius 2 is 2.36 bits per heavy atom. The van der Waals surface area contributed by atoms with Crippen molar-refractivity contribution in [2.45, 2.75) is 13.5 Å². The van der Waals surface area contributed by atoms with E-state index in [9.17, 15) is 4.79 Å². The molecule has 0 aliphatic rings. The summed E-state index contributed by atoms with van der Waals surface area (Å²) in [5, 5.41) is 4.03. The first-order valence-electron chi connectivity index (χ1n) is 4.56. The number of aromatic nitrogens is 2. The topological polar surface area (TPSA) is 38.1 Å². The van der Waals surface area contributed by atoms with Gasteiger partial charge in [0.2, 0.25) is 5.78 Å². The van der Waals surface area contributed by atoms with Crippen molar-refractivity contribution in [1.29, 1.82) is 0 Å². The third-order valence-electron chi connectivity index (χ3n) is 1.79. The molecule has 1 aromatic rings. The predicted octanol–water partition coefficient (Wildman–Crippen LogP) is 1.16. The van der Waals surface area contributed by atoms with Crippen molar-refractivity contribution in [2.24, 2.45) is 0 Å². The van der Waals surface area contributed by atoms with E-state index < -0.39 is 0 Å². The lowest BCUT2D eigenvalue weighted by Crippen LogP contribution is -2.09. The zero-order valence-corrected chi connectivity index (χ0v) is 8.77. The van der Waals surface area contributed by atoms with Crippen LogP contribution in [0.25, 0.3) is 0 Å². The third-order valence-corrected chi connectivity index (χ3v) is 1.79. The van der Waals surface area contributed by atoms with E-state index in [1.165, 1.54) is 0 Å². The first-order chi connectivity index (χ1) is 6.65. The van der Waals surface area contributed by atoms with Crippen LogP contribution >= 0.6 is 0 Å². The summed E-state index contributed by atoms with van der Waals surface area (Å²) in [6.07, 6.45) is 4.92. The zero-order chi connectivity index (χ0) is 10.6. The van der Waals surface area contributed by atoms with Crippen molar-refractivity contribution in [1.82, 2.24) is 14.7 Å². The van der Waals surface area contributed by atoms with Gasteiger partial charge in [0.1, 0.15) is 5.69 Å². The second kappa shape index (κ2) is 4.60. The molecular weight excluding hydrogens is 178 g/mol. The number of aryl methyl sites for hydroxylation is 1. The SMILES string of the molecule is CCn1nccc1C(=O)C=CN(C)C. The molecule has 0 radical (unpaired) electrons. The number of carbonyl (C=O) groups is 1. The Bertz CT molecular complexity index is 339. The van der Waals surface area contributed by atoms with Crippen LogP contribution in [0.15, 0.2) is 24.5 Å². The smallest absolute Gasteiger partial charge is 0.205 e. The number of hydrogen-bond donors (Lipinski definition) is 0. The number of hydrogen-bond acceptors (Lipinski definition) is 3. The van der Waals surface area contributed by atoms with Crippen LogP contribution in [0, 0.1) is 0 Å². The molecule has 4 nitrogen and oxygen atoms in total. The fourth-order valence-corrected chi connectivity index (χ4v) is 1.10. The lowest BCUT2D eigenvalue weighted by atomic mass is 10.3. The highest BCUT2D eigenvalue weighted by molar-refractivity contribution is 6.03. The molecule has 0 bridgehead atoms. The van der Waals surface area contributed by atoms with E-state index in [0.717, 1.165) is 0 Å². The van der Waals surface area contributed by atoms with Crippen LogP contribution in [0.3, 0.4) is 0 Å². The molecule has 1 rings (SSSR count). The summed E-state index contributed by atoms with van der Waals surface area (Å²) in [4.78, 5) is 13.4. The number of carbonyl (C=O) groups excluding carboxylic acids is 1. The predicted molar refractivity (Wildman–Crippen MR) is 55.1 cm³/mol. The minimum Gasteiger partial charge on any atom is -0.383 e. The maximum absolute atomic E-state index is 11.6. The lowest BCUT2D eigenvalue weighted by Gasteiger charge is -2.03. The van der Waals surface area contributed by atoms with Gasteiger partial charge in [-0.15, -0.1) is 0 Å². The van der Waals surface area contributed by atoms with Gasteiger partial charge in [-0.2, -0.15) is 5.10 Å². The molecule has 1 aromatic heterocycles. The monoisotopic (exact) mass is 193 g/mol. The molecule has 76 valence electrons. The first kappa shape index (κ1) is 10.5. The quantitative estimate of drug-likeness (QED) is 0.532. The standard InChI is InChI=1S/C10H15N3O/c1-4-13-9(5-7-11-13)10(14)6-8-12(2)3/h5-8H,4H2,1-3H3. The highest BCUT2D eigenvalue weighted by Gasteiger charge is 2.06. The molecule has 0 N–H and O–H groups in total. The fraction of sp³-hybridized carbons (Fsp3) is 0.400. The molecule has 0 fully saturated rings. The maximum atomic E-state index is 11.6. The van der Waals surface area contributed by atoms with Gasteiger partial charge in [-0.05, 0) is 13.0 Å². The van der Waals surface area contributed by atoms with E-state index in [1.807, 2.05) is 25.9 Å².